The number of carbonyl (C=O) groups is 6. The van der Waals surface area contributed by atoms with Crippen LogP contribution in [0.2, 0.25) is 0 Å². The quantitative estimate of drug-likeness (QED) is 0.0910. The van der Waals surface area contributed by atoms with Crippen molar-refractivity contribution in [3.8, 4) is 0 Å². The van der Waals surface area contributed by atoms with Gasteiger partial charge in [0.15, 0.2) is 5.78 Å². The Kier molecular flexibility index (Phi) is 13.9. The van der Waals surface area contributed by atoms with E-state index in [-0.39, 0.29) is 54.7 Å². The van der Waals surface area contributed by atoms with E-state index >= 15 is 0 Å². The molecule has 6 heterocycles. The second kappa shape index (κ2) is 20.0. The number of carbonyl (C=O) groups excluding carboxylic acids is 6. The Balaban J connectivity index is 0.692. The molecule has 64 heavy (non-hydrogen) atoms. The summed E-state index contributed by atoms with van der Waals surface area (Å²) in [6.07, 6.45) is 8.86. The average Bonchev–Trinajstić information content (AvgIpc) is 4.02. The summed E-state index contributed by atoms with van der Waals surface area (Å²) >= 11 is 0. The Labute approximate surface area is 370 Å². The van der Waals surface area contributed by atoms with E-state index in [2.05, 4.69) is 46.4 Å². The van der Waals surface area contributed by atoms with Crippen LogP contribution in [0.3, 0.4) is 0 Å². The molecule has 3 aromatic heterocycles. The summed E-state index contributed by atoms with van der Waals surface area (Å²) in [6.45, 7) is 6.17. The van der Waals surface area contributed by atoms with Gasteiger partial charge in [-0.05, 0) is 56.0 Å². The van der Waals surface area contributed by atoms with Gasteiger partial charge in [-0.15, -0.1) is 0 Å². The minimum Gasteiger partial charge on any atom is -0.379 e. The maximum atomic E-state index is 13.3. The van der Waals surface area contributed by atoms with Crippen LogP contribution in [-0.4, -0.2) is 155 Å². The molecule has 1 unspecified atom stereocenters. The molecule has 0 radical (unpaired) electrons. The van der Waals surface area contributed by atoms with Crippen molar-refractivity contribution in [3.05, 3.63) is 65.6 Å². The number of hydrogen-bond acceptors (Lipinski definition) is 15. The summed E-state index contributed by atoms with van der Waals surface area (Å²) in [5.74, 6) is -1.38. The Bertz CT molecular complexity index is 2390. The van der Waals surface area contributed by atoms with Crippen molar-refractivity contribution >= 4 is 69.5 Å². The van der Waals surface area contributed by atoms with Crippen LogP contribution in [0.4, 0.5) is 23.1 Å². The van der Waals surface area contributed by atoms with Crippen LogP contribution in [0.15, 0.2) is 48.8 Å². The fraction of sp³-hybridized carbons (Fsp3) is 0.489. The molecule has 5 amide bonds. The van der Waals surface area contributed by atoms with Crippen LogP contribution in [0.1, 0.15) is 88.6 Å². The van der Waals surface area contributed by atoms with E-state index in [9.17, 15) is 28.8 Å². The second-order valence-corrected chi connectivity index (χ2v) is 16.8. The van der Waals surface area contributed by atoms with Crippen molar-refractivity contribution < 1.29 is 38.2 Å². The zero-order valence-electron chi connectivity index (χ0n) is 36.3. The lowest BCUT2D eigenvalue weighted by Crippen LogP contribution is -2.54. The monoisotopic (exact) mass is 877 g/mol. The number of anilines is 4. The molecular formula is C45H55N11O8. The van der Waals surface area contributed by atoms with Crippen LogP contribution in [0, 0.1) is 0 Å². The van der Waals surface area contributed by atoms with Crippen LogP contribution in [-0.2, 0) is 23.9 Å². The molecule has 4 aliphatic rings. The van der Waals surface area contributed by atoms with Gasteiger partial charge in [0.25, 0.3) is 17.7 Å². The van der Waals surface area contributed by atoms with E-state index in [1.165, 1.54) is 6.07 Å². The third-order valence-corrected chi connectivity index (χ3v) is 12.2. The molecule has 4 aromatic rings. The number of hydrogen-bond donors (Lipinski definition) is 3. The normalized spacial score (nSPS) is 18.2. The maximum absolute atomic E-state index is 13.3. The number of piperazine rings is 1. The van der Waals surface area contributed by atoms with Crippen molar-refractivity contribution in [1.29, 1.82) is 0 Å². The summed E-state index contributed by atoms with van der Waals surface area (Å²) in [6, 6.07) is 9.81. The van der Waals surface area contributed by atoms with Crippen molar-refractivity contribution in [2.75, 3.05) is 95.3 Å². The molecule has 1 saturated carbocycles. The predicted octanol–water partition coefficient (Wildman–Crippen LogP) is 3.40. The van der Waals surface area contributed by atoms with Gasteiger partial charge in [-0.25, -0.2) is 9.97 Å². The molecule has 3 N–H and O–H groups in total. The lowest BCUT2D eigenvalue weighted by atomic mass is 10.0. The summed E-state index contributed by atoms with van der Waals surface area (Å²) in [4.78, 5) is 97.2. The zero-order chi connectivity index (χ0) is 44.7. The third-order valence-electron chi connectivity index (χ3n) is 12.2. The maximum Gasteiger partial charge on any atom is 0.270 e. The highest BCUT2D eigenvalue weighted by Gasteiger charge is 2.45. The summed E-state index contributed by atoms with van der Waals surface area (Å²) in [7, 11) is 3.54. The van der Waals surface area contributed by atoms with E-state index in [1.807, 2.05) is 18.3 Å². The molecule has 19 nitrogen and oxygen atoms in total. The number of Topliss-reactive ketones (excluding diaryl/α,β-unsaturated/α-hetero) is 1. The number of amides is 5. The van der Waals surface area contributed by atoms with E-state index in [0.29, 0.717) is 56.0 Å². The molecule has 3 aliphatic heterocycles. The Hall–Kier alpha value is -6.31. The highest BCUT2D eigenvalue weighted by Crippen LogP contribution is 2.35. The topological polar surface area (TPSA) is 214 Å². The summed E-state index contributed by atoms with van der Waals surface area (Å²) in [5.41, 5.74) is 3.06. The lowest BCUT2D eigenvalue weighted by molar-refractivity contribution is -0.136. The number of imide groups is 2. The van der Waals surface area contributed by atoms with Crippen LogP contribution in [0.5, 0.6) is 0 Å². The Morgan fingerprint density at radius 1 is 0.891 bits per heavy atom. The van der Waals surface area contributed by atoms with Gasteiger partial charge in [-0.1, -0.05) is 18.9 Å². The largest absolute Gasteiger partial charge is 0.379 e. The Morgan fingerprint density at radius 3 is 2.41 bits per heavy atom. The van der Waals surface area contributed by atoms with Crippen LogP contribution < -0.4 is 20.9 Å². The number of benzene rings is 1. The summed E-state index contributed by atoms with van der Waals surface area (Å²) < 4.78 is 13.6. The first-order valence-corrected chi connectivity index (χ1v) is 22.1. The second-order valence-electron chi connectivity index (χ2n) is 16.8. The number of rotatable bonds is 19. The first kappa shape index (κ1) is 44.3. The third kappa shape index (κ3) is 9.90. The van der Waals surface area contributed by atoms with Gasteiger partial charge in [-0.2, -0.15) is 4.98 Å². The lowest BCUT2D eigenvalue weighted by Gasteiger charge is -2.35. The molecule has 338 valence electrons. The van der Waals surface area contributed by atoms with Gasteiger partial charge in [0.2, 0.25) is 17.8 Å². The number of aromatic nitrogens is 4. The number of nitrogens with zero attached hydrogens (tertiary/aromatic N) is 8. The molecule has 0 spiro atoms. The number of piperidine rings is 1. The highest BCUT2D eigenvalue weighted by molar-refractivity contribution is 6.25. The molecule has 3 fully saturated rings. The fourth-order valence-corrected chi connectivity index (χ4v) is 8.82. The first-order valence-electron chi connectivity index (χ1n) is 22.1. The van der Waals surface area contributed by atoms with E-state index in [0.717, 1.165) is 80.0 Å². The number of fused-ring (bicyclic) bond motifs is 2. The average molecular weight is 878 g/mol. The molecule has 8 rings (SSSR count). The molecule has 1 aliphatic carbocycles. The van der Waals surface area contributed by atoms with Gasteiger partial charge < -0.3 is 34.5 Å². The molecular weight excluding hydrogens is 823 g/mol. The first-order chi connectivity index (χ1) is 31.0. The number of pyridine rings is 1. The van der Waals surface area contributed by atoms with Crippen molar-refractivity contribution in [2.24, 2.45) is 0 Å². The molecule has 2 saturated heterocycles. The van der Waals surface area contributed by atoms with Gasteiger partial charge in [0, 0.05) is 89.6 Å². The standard InChI is InChI=1S/C45H55N11O8/c1-52(2)43(61)36-25-29-26-48-45(51-40(29)55(36)30-7-3-4-8-30)49-37-14-12-31(27-47-37)54-18-16-53(17-19-54)20-22-64-24-23-63-21-6-9-32(57)28-46-34-11-5-10-33-39(34)44(62)56(42(33)60)35-13-15-38(58)50-41(35)59/h5,10-12,14,25-27,30,35,46H,3-4,6-9,13,15-24,28H2,1-2H3,(H,50,58,59)(H,47,48,49,51). The number of ketones is 1. The van der Waals surface area contributed by atoms with Crippen molar-refractivity contribution in [3.63, 3.8) is 0 Å². The van der Waals surface area contributed by atoms with Gasteiger partial charge in [-0.3, -0.25) is 43.9 Å². The molecule has 1 aromatic carbocycles. The number of ether oxygens (including phenoxy) is 2. The minimum atomic E-state index is -1.06. The minimum absolute atomic E-state index is 0.0360. The zero-order valence-corrected chi connectivity index (χ0v) is 36.3. The van der Waals surface area contributed by atoms with Crippen molar-refractivity contribution in [1.82, 2.24) is 39.5 Å². The van der Waals surface area contributed by atoms with Crippen molar-refractivity contribution in [2.45, 2.75) is 63.5 Å². The molecule has 0 bridgehead atoms. The Morgan fingerprint density at radius 2 is 1.67 bits per heavy atom. The van der Waals surface area contributed by atoms with Crippen LogP contribution in [0.25, 0.3) is 11.0 Å². The van der Waals surface area contributed by atoms with Gasteiger partial charge in [0.1, 0.15) is 23.2 Å². The highest BCUT2D eigenvalue weighted by atomic mass is 16.5. The van der Waals surface area contributed by atoms with Gasteiger partial charge in [0.05, 0.1) is 49.4 Å². The smallest absolute Gasteiger partial charge is 0.270 e. The molecule has 19 heteroatoms. The fourth-order valence-electron chi connectivity index (χ4n) is 8.82. The summed E-state index contributed by atoms with van der Waals surface area (Å²) in [5, 5.41) is 9.27. The SMILES string of the molecule is CN(C)C(=O)c1cc2cnc(Nc3ccc(N4CCN(CCOCCOCCCC(=O)CNc5cccc6c5C(=O)N(C5CCC(=O)NC5=O)C6=O)CC4)cn3)nc2n1C1CCCC1. The van der Waals surface area contributed by atoms with E-state index < -0.39 is 29.7 Å². The van der Waals surface area contributed by atoms with Crippen LogP contribution >= 0.6 is 0 Å². The predicted molar refractivity (Wildman–Crippen MR) is 237 cm³/mol. The molecule has 1 atom stereocenters. The van der Waals surface area contributed by atoms with E-state index in [4.69, 9.17) is 14.5 Å². The number of nitrogens with one attached hydrogen (secondary N) is 3. The van der Waals surface area contributed by atoms with E-state index in [1.54, 1.807) is 37.3 Å². The van der Waals surface area contributed by atoms with Gasteiger partial charge >= 0.3 is 0 Å².